The molecule has 0 amide bonds. The second kappa shape index (κ2) is 7.69. The highest BCUT2D eigenvalue weighted by molar-refractivity contribution is 7.89. The lowest BCUT2D eigenvalue weighted by Crippen LogP contribution is -2.38. The zero-order valence-electron chi connectivity index (χ0n) is 13.6. The van der Waals surface area contributed by atoms with E-state index in [4.69, 9.17) is 0 Å². The highest BCUT2D eigenvalue weighted by atomic mass is 32.2. The Hall–Kier alpha value is -1.47. The van der Waals surface area contributed by atoms with E-state index in [1.54, 1.807) is 0 Å². The Morgan fingerprint density at radius 1 is 1.27 bits per heavy atom. The zero-order valence-corrected chi connectivity index (χ0v) is 14.4. The van der Waals surface area contributed by atoms with Crippen molar-refractivity contribution in [3.63, 3.8) is 0 Å². The van der Waals surface area contributed by atoms with Crippen LogP contribution in [0.5, 0.6) is 0 Å². The van der Waals surface area contributed by atoms with Gasteiger partial charge in [0.25, 0.3) is 5.69 Å². The molecule has 0 spiro atoms. The highest BCUT2D eigenvalue weighted by Gasteiger charge is 2.30. The van der Waals surface area contributed by atoms with Gasteiger partial charge in [0.1, 0.15) is 0 Å². The predicted octanol–water partition coefficient (Wildman–Crippen LogP) is 3.49. The van der Waals surface area contributed by atoms with Crippen LogP contribution in [0.1, 0.15) is 45.6 Å². The average Bonchev–Trinajstić information content (AvgIpc) is 2.42. The van der Waals surface area contributed by atoms with Crippen LogP contribution in [0.4, 0.5) is 5.69 Å². The molecular formula is C15H24N2O4S. The van der Waals surface area contributed by atoms with Gasteiger partial charge in [-0.15, -0.1) is 0 Å². The van der Waals surface area contributed by atoms with E-state index >= 15 is 0 Å². The van der Waals surface area contributed by atoms with Crippen molar-refractivity contribution in [2.45, 2.75) is 57.9 Å². The number of rotatable bonds is 8. The molecule has 1 aromatic rings. The topological polar surface area (TPSA) is 80.5 Å². The molecule has 1 aromatic carbocycles. The minimum Gasteiger partial charge on any atom is -0.258 e. The van der Waals surface area contributed by atoms with Crippen LogP contribution in [0.15, 0.2) is 23.1 Å². The standard InChI is InChI=1S/C15H24N2O4S/c1-5-6-7-11-16(12(2)3)22(20,21)15-10-8-9-14(13(15)4)17(18)19/h8-10,12H,5-7,11H2,1-4H3. The molecule has 1 rings (SSSR count). The molecule has 0 aliphatic heterocycles. The van der Waals surface area contributed by atoms with Gasteiger partial charge in [0.2, 0.25) is 10.0 Å². The molecule has 0 heterocycles. The first kappa shape index (κ1) is 18.6. The SMILES string of the molecule is CCCCCN(C(C)C)S(=O)(=O)c1cccc([N+](=O)[O-])c1C. The molecule has 6 nitrogen and oxygen atoms in total. The van der Waals surface area contributed by atoms with Crippen molar-refractivity contribution >= 4 is 15.7 Å². The maximum Gasteiger partial charge on any atom is 0.273 e. The monoisotopic (exact) mass is 328 g/mol. The molecule has 0 aliphatic rings. The Labute approximate surface area is 132 Å². The van der Waals surface area contributed by atoms with Gasteiger partial charge in [-0.05, 0) is 33.3 Å². The van der Waals surface area contributed by atoms with Gasteiger partial charge in [-0.25, -0.2) is 8.42 Å². The van der Waals surface area contributed by atoms with Gasteiger partial charge < -0.3 is 0 Å². The summed E-state index contributed by atoms with van der Waals surface area (Å²) in [7, 11) is -3.74. The highest BCUT2D eigenvalue weighted by Crippen LogP contribution is 2.28. The molecule has 124 valence electrons. The van der Waals surface area contributed by atoms with Gasteiger partial charge in [-0.3, -0.25) is 10.1 Å². The molecule has 0 fully saturated rings. The fourth-order valence-electron chi connectivity index (χ4n) is 2.38. The second-order valence-electron chi connectivity index (χ2n) is 5.57. The molecule has 0 unspecified atom stereocenters. The second-order valence-corrected chi connectivity index (χ2v) is 7.43. The van der Waals surface area contributed by atoms with E-state index in [-0.39, 0.29) is 22.2 Å². The van der Waals surface area contributed by atoms with Crippen LogP contribution in [0, 0.1) is 17.0 Å². The first-order valence-electron chi connectivity index (χ1n) is 7.49. The van der Waals surface area contributed by atoms with Gasteiger partial charge in [0.15, 0.2) is 0 Å². The minimum atomic E-state index is -3.74. The fraction of sp³-hybridized carbons (Fsp3) is 0.600. The van der Waals surface area contributed by atoms with Crippen molar-refractivity contribution in [1.82, 2.24) is 4.31 Å². The van der Waals surface area contributed by atoms with E-state index in [0.29, 0.717) is 6.54 Å². The molecule has 0 atom stereocenters. The van der Waals surface area contributed by atoms with E-state index in [1.807, 2.05) is 13.8 Å². The summed E-state index contributed by atoms with van der Waals surface area (Å²) < 4.78 is 27.2. The molecule has 0 aromatic heterocycles. The fourth-order valence-corrected chi connectivity index (χ4v) is 4.30. The summed E-state index contributed by atoms with van der Waals surface area (Å²) in [6, 6.07) is 3.99. The van der Waals surface area contributed by atoms with Crippen molar-refractivity contribution in [3.05, 3.63) is 33.9 Å². The predicted molar refractivity (Wildman–Crippen MR) is 86.4 cm³/mol. The number of unbranched alkanes of at least 4 members (excludes halogenated alkanes) is 2. The third-order valence-corrected chi connectivity index (χ3v) is 5.82. The Morgan fingerprint density at radius 2 is 1.91 bits per heavy atom. The summed E-state index contributed by atoms with van der Waals surface area (Å²) in [4.78, 5) is 10.5. The lowest BCUT2D eigenvalue weighted by atomic mass is 10.2. The van der Waals surface area contributed by atoms with Crippen LogP contribution in [-0.2, 0) is 10.0 Å². The first-order valence-corrected chi connectivity index (χ1v) is 8.93. The normalized spacial score (nSPS) is 12.1. The summed E-state index contributed by atoms with van der Waals surface area (Å²) in [6.07, 6.45) is 2.73. The minimum absolute atomic E-state index is 0.0203. The van der Waals surface area contributed by atoms with Crippen molar-refractivity contribution in [2.75, 3.05) is 6.54 Å². The summed E-state index contributed by atoms with van der Waals surface area (Å²) in [6.45, 7) is 7.59. The quantitative estimate of drug-likeness (QED) is 0.415. The molecule has 0 radical (unpaired) electrons. The molecule has 0 bridgehead atoms. The third kappa shape index (κ3) is 4.04. The Balaban J connectivity index is 3.26. The number of hydrogen-bond acceptors (Lipinski definition) is 4. The smallest absolute Gasteiger partial charge is 0.258 e. The van der Waals surface area contributed by atoms with Crippen LogP contribution in [0.25, 0.3) is 0 Å². The van der Waals surface area contributed by atoms with Gasteiger partial charge in [-0.2, -0.15) is 4.31 Å². The Kier molecular flexibility index (Phi) is 6.49. The number of nitro benzene ring substituents is 1. The van der Waals surface area contributed by atoms with E-state index in [0.717, 1.165) is 19.3 Å². The van der Waals surface area contributed by atoms with E-state index in [2.05, 4.69) is 6.92 Å². The molecular weight excluding hydrogens is 304 g/mol. The number of nitrogens with zero attached hydrogens (tertiary/aromatic N) is 2. The van der Waals surface area contributed by atoms with E-state index in [1.165, 1.54) is 29.4 Å². The van der Waals surface area contributed by atoms with E-state index in [9.17, 15) is 18.5 Å². The third-order valence-electron chi connectivity index (χ3n) is 3.60. The van der Waals surface area contributed by atoms with Crippen molar-refractivity contribution in [1.29, 1.82) is 0 Å². The van der Waals surface area contributed by atoms with Gasteiger partial charge in [0, 0.05) is 24.2 Å². The molecule has 0 N–H and O–H groups in total. The summed E-state index contributed by atoms with van der Waals surface area (Å²) in [5, 5.41) is 11.0. The zero-order chi connectivity index (χ0) is 16.9. The van der Waals surface area contributed by atoms with Crippen LogP contribution < -0.4 is 0 Å². The lowest BCUT2D eigenvalue weighted by Gasteiger charge is -2.26. The Morgan fingerprint density at radius 3 is 2.41 bits per heavy atom. The first-order chi connectivity index (χ1) is 10.2. The largest absolute Gasteiger partial charge is 0.273 e. The van der Waals surface area contributed by atoms with E-state index < -0.39 is 14.9 Å². The maximum atomic E-state index is 12.9. The van der Waals surface area contributed by atoms with Gasteiger partial charge in [0.05, 0.1) is 9.82 Å². The van der Waals surface area contributed by atoms with Crippen molar-refractivity contribution in [2.24, 2.45) is 0 Å². The maximum absolute atomic E-state index is 12.9. The molecule has 7 heteroatoms. The van der Waals surface area contributed by atoms with Crippen LogP contribution >= 0.6 is 0 Å². The van der Waals surface area contributed by atoms with Gasteiger partial charge in [-0.1, -0.05) is 25.8 Å². The number of sulfonamides is 1. The van der Waals surface area contributed by atoms with Crippen LogP contribution in [0.2, 0.25) is 0 Å². The molecule has 22 heavy (non-hydrogen) atoms. The Bertz CT molecular complexity index is 626. The number of nitro groups is 1. The van der Waals surface area contributed by atoms with Crippen LogP contribution in [-0.4, -0.2) is 30.2 Å². The lowest BCUT2D eigenvalue weighted by molar-refractivity contribution is -0.385. The number of benzene rings is 1. The summed E-state index contributed by atoms with van der Waals surface area (Å²) in [5.74, 6) is 0. The van der Waals surface area contributed by atoms with Crippen molar-refractivity contribution in [3.8, 4) is 0 Å². The molecule has 0 saturated heterocycles. The number of hydrogen-bond donors (Lipinski definition) is 0. The van der Waals surface area contributed by atoms with Crippen molar-refractivity contribution < 1.29 is 13.3 Å². The average molecular weight is 328 g/mol. The van der Waals surface area contributed by atoms with Crippen LogP contribution in [0.3, 0.4) is 0 Å². The summed E-state index contributed by atoms with van der Waals surface area (Å²) >= 11 is 0. The summed E-state index contributed by atoms with van der Waals surface area (Å²) in [5.41, 5.74) is 0.0204. The molecule has 0 aliphatic carbocycles. The molecule has 0 saturated carbocycles. The van der Waals surface area contributed by atoms with Gasteiger partial charge >= 0.3 is 0 Å².